The Kier molecular flexibility index (Phi) is 4.49. The van der Waals surface area contributed by atoms with Crippen LogP contribution in [0.4, 0.5) is 0 Å². The Morgan fingerprint density at radius 1 is 1.50 bits per heavy atom. The molecule has 0 bridgehead atoms. The lowest BCUT2D eigenvalue weighted by Gasteiger charge is -2.25. The van der Waals surface area contributed by atoms with Gasteiger partial charge in [-0.25, -0.2) is 0 Å². The van der Waals surface area contributed by atoms with Crippen LogP contribution < -0.4 is 0 Å². The molecule has 0 N–H and O–H groups in total. The molecule has 0 fully saturated rings. The monoisotopic (exact) mass is 267 g/mol. The molecule has 0 radical (unpaired) electrons. The van der Waals surface area contributed by atoms with E-state index < -0.39 is 5.97 Å². The normalized spacial score (nSPS) is 15.2. The molecular weight excluding hydrogens is 250 g/mol. The number of hydrogen-bond donors (Lipinski definition) is 0. The van der Waals surface area contributed by atoms with Crippen molar-refractivity contribution >= 4 is 23.1 Å². The van der Waals surface area contributed by atoms with Crippen molar-refractivity contribution in [3.8, 4) is 0 Å². The number of carbonyl (C=O) groups is 2. The summed E-state index contributed by atoms with van der Waals surface area (Å²) in [6.07, 6.45) is 0.889. The SMILES string of the molecule is CCOC(=O)CC(=O)CN1CCc2sccc2C1. The number of rotatable bonds is 5. The number of ketones is 1. The van der Waals surface area contributed by atoms with Gasteiger partial charge in [-0.3, -0.25) is 14.5 Å². The highest BCUT2D eigenvalue weighted by Gasteiger charge is 2.20. The van der Waals surface area contributed by atoms with Crippen molar-refractivity contribution < 1.29 is 14.3 Å². The molecule has 0 unspecified atom stereocenters. The Hall–Kier alpha value is -1.20. The van der Waals surface area contributed by atoms with Gasteiger partial charge in [0.15, 0.2) is 5.78 Å². The Balaban J connectivity index is 1.81. The second kappa shape index (κ2) is 6.11. The second-order valence-corrected chi connectivity index (χ2v) is 5.35. The summed E-state index contributed by atoms with van der Waals surface area (Å²) in [4.78, 5) is 26.4. The zero-order valence-corrected chi connectivity index (χ0v) is 11.3. The highest BCUT2D eigenvalue weighted by atomic mass is 32.1. The van der Waals surface area contributed by atoms with Crippen LogP contribution in [-0.2, 0) is 27.3 Å². The van der Waals surface area contributed by atoms with Gasteiger partial charge in [-0.15, -0.1) is 11.3 Å². The third kappa shape index (κ3) is 3.40. The minimum Gasteiger partial charge on any atom is -0.466 e. The molecule has 0 saturated heterocycles. The fourth-order valence-corrected chi connectivity index (χ4v) is 3.01. The molecule has 0 saturated carbocycles. The maximum absolute atomic E-state index is 11.7. The first-order valence-electron chi connectivity index (χ1n) is 6.14. The molecule has 4 nitrogen and oxygen atoms in total. The highest BCUT2D eigenvalue weighted by Crippen LogP contribution is 2.23. The topological polar surface area (TPSA) is 46.6 Å². The van der Waals surface area contributed by atoms with Crippen LogP contribution in [0.3, 0.4) is 0 Å². The van der Waals surface area contributed by atoms with Gasteiger partial charge in [-0.1, -0.05) is 0 Å². The van der Waals surface area contributed by atoms with Crippen LogP contribution in [0.1, 0.15) is 23.8 Å². The quantitative estimate of drug-likeness (QED) is 0.601. The van der Waals surface area contributed by atoms with Crippen LogP contribution in [0.15, 0.2) is 11.4 Å². The van der Waals surface area contributed by atoms with Gasteiger partial charge in [0.1, 0.15) is 6.42 Å². The van der Waals surface area contributed by atoms with Crippen molar-refractivity contribution in [2.24, 2.45) is 0 Å². The number of hydrogen-bond acceptors (Lipinski definition) is 5. The number of carbonyl (C=O) groups excluding carboxylic acids is 2. The molecular formula is C13H17NO3S. The molecule has 0 atom stereocenters. The lowest BCUT2D eigenvalue weighted by molar-refractivity contribution is -0.145. The van der Waals surface area contributed by atoms with Gasteiger partial charge in [0.25, 0.3) is 0 Å². The van der Waals surface area contributed by atoms with E-state index in [2.05, 4.69) is 16.3 Å². The molecule has 0 aliphatic carbocycles. The average Bonchev–Trinajstić information content (AvgIpc) is 2.76. The number of thiophene rings is 1. The first kappa shape index (κ1) is 13.2. The van der Waals surface area contributed by atoms with Crippen molar-refractivity contribution in [3.05, 3.63) is 21.9 Å². The van der Waals surface area contributed by atoms with Crippen LogP contribution in [0.5, 0.6) is 0 Å². The van der Waals surface area contributed by atoms with Crippen LogP contribution in [0, 0.1) is 0 Å². The number of fused-ring (bicyclic) bond motifs is 1. The van der Waals surface area contributed by atoms with E-state index >= 15 is 0 Å². The maximum Gasteiger partial charge on any atom is 0.313 e. The number of ether oxygens (including phenoxy) is 1. The highest BCUT2D eigenvalue weighted by molar-refractivity contribution is 7.10. The average molecular weight is 267 g/mol. The van der Waals surface area contributed by atoms with Crippen molar-refractivity contribution in [3.63, 3.8) is 0 Å². The van der Waals surface area contributed by atoms with E-state index in [1.165, 1.54) is 10.4 Å². The van der Waals surface area contributed by atoms with Gasteiger partial charge in [0.2, 0.25) is 0 Å². The fourth-order valence-electron chi connectivity index (χ4n) is 2.12. The Morgan fingerprint density at radius 2 is 2.33 bits per heavy atom. The molecule has 5 heteroatoms. The van der Waals surface area contributed by atoms with Crippen molar-refractivity contribution in [1.29, 1.82) is 0 Å². The second-order valence-electron chi connectivity index (χ2n) is 4.35. The van der Waals surface area contributed by atoms with Crippen LogP contribution in [-0.4, -0.2) is 36.3 Å². The van der Waals surface area contributed by atoms with Crippen molar-refractivity contribution in [1.82, 2.24) is 4.90 Å². The largest absolute Gasteiger partial charge is 0.466 e. The van der Waals surface area contributed by atoms with E-state index in [0.29, 0.717) is 13.2 Å². The molecule has 1 aliphatic rings. The van der Waals surface area contributed by atoms with Gasteiger partial charge in [-0.2, -0.15) is 0 Å². The summed E-state index contributed by atoms with van der Waals surface area (Å²) in [5, 5.41) is 2.09. The van der Waals surface area contributed by atoms with E-state index in [4.69, 9.17) is 4.74 Å². The van der Waals surface area contributed by atoms with Gasteiger partial charge >= 0.3 is 5.97 Å². The number of esters is 1. The summed E-state index contributed by atoms with van der Waals surface area (Å²) >= 11 is 1.78. The molecule has 2 rings (SSSR count). The van der Waals surface area contributed by atoms with Crippen molar-refractivity contribution in [2.75, 3.05) is 19.7 Å². The number of nitrogens with zero attached hydrogens (tertiary/aromatic N) is 1. The summed E-state index contributed by atoms with van der Waals surface area (Å²) in [6.45, 7) is 4.11. The van der Waals surface area contributed by atoms with Crippen molar-refractivity contribution in [2.45, 2.75) is 26.3 Å². The van der Waals surface area contributed by atoms with E-state index in [0.717, 1.165) is 19.5 Å². The summed E-state index contributed by atoms with van der Waals surface area (Å²) in [5.74, 6) is -0.483. The molecule has 1 aromatic heterocycles. The summed E-state index contributed by atoms with van der Waals surface area (Å²) in [7, 11) is 0. The Bertz CT molecular complexity index is 441. The smallest absolute Gasteiger partial charge is 0.313 e. The van der Waals surface area contributed by atoms with E-state index in [1.807, 2.05) is 0 Å². The predicted octanol–water partition coefficient (Wildman–Crippen LogP) is 1.63. The van der Waals surface area contributed by atoms with Crippen LogP contribution >= 0.6 is 11.3 Å². The first-order chi connectivity index (χ1) is 8.69. The lowest BCUT2D eigenvalue weighted by atomic mass is 10.1. The molecule has 0 aromatic carbocycles. The predicted molar refractivity (Wildman–Crippen MR) is 69.6 cm³/mol. The van der Waals surface area contributed by atoms with E-state index in [9.17, 15) is 9.59 Å². The van der Waals surface area contributed by atoms with E-state index in [1.54, 1.807) is 18.3 Å². The summed E-state index contributed by atoms with van der Waals surface area (Å²) in [5.41, 5.74) is 1.31. The molecule has 0 amide bonds. The molecule has 1 aliphatic heterocycles. The summed E-state index contributed by atoms with van der Waals surface area (Å²) in [6, 6.07) is 2.11. The molecule has 2 heterocycles. The first-order valence-corrected chi connectivity index (χ1v) is 7.02. The van der Waals surface area contributed by atoms with Gasteiger partial charge in [0.05, 0.1) is 13.2 Å². The molecule has 18 heavy (non-hydrogen) atoms. The third-order valence-electron chi connectivity index (χ3n) is 2.93. The molecule has 98 valence electrons. The van der Waals surface area contributed by atoms with Gasteiger partial charge in [-0.05, 0) is 30.4 Å². The summed E-state index contributed by atoms with van der Waals surface area (Å²) < 4.78 is 4.77. The zero-order chi connectivity index (χ0) is 13.0. The van der Waals surface area contributed by atoms with Crippen LogP contribution in [0.2, 0.25) is 0 Å². The molecule has 1 aromatic rings. The van der Waals surface area contributed by atoms with Crippen LogP contribution in [0.25, 0.3) is 0 Å². The Labute approximate surface area is 111 Å². The minimum atomic E-state index is -0.421. The maximum atomic E-state index is 11.7. The van der Waals surface area contributed by atoms with Gasteiger partial charge in [0, 0.05) is 18.0 Å². The Morgan fingerprint density at radius 3 is 3.11 bits per heavy atom. The third-order valence-corrected chi connectivity index (χ3v) is 3.96. The zero-order valence-electron chi connectivity index (χ0n) is 10.5. The fraction of sp³-hybridized carbons (Fsp3) is 0.538. The molecule has 0 spiro atoms. The lowest BCUT2D eigenvalue weighted by Crippen LogP contribution is -2.35. The minimum absolute atomic E-state index is 0.0628. The van der Waals surface area contributed by atoms with Gasteiger partial charge < -0.3 is 4.74 Å². The standard InChI is InChI=1S/C13H17NO3S/c1-2-17-13(16)7-11(15)9-14-5-3-12-10(8-14)4-6-18-12/h4,6H,2-3,5,7-9H2,1H3. The van der Waals surface area contributed by atoms with E-state index in [-0.39, 0.29) is 12.2 Å². The number of Topliss-reactive ketones (excluding diaryl/α,β-unsaturated/α-hetero) is 1.